The third kappa shape index (κ3) is 61.4. The first-order valence-electron chi connectivity index (χ1n) is 34.1. The van der Waals surface area contributed by atoms with Gasteiger partial charge in [0.25, 0.3) is 0 Å². The Bertz CT molecular complexity index is 1170. The van der Waals surface area contributed by atoms with Crippen LogP contribution in [0.25, 0.3) is 0 Å². The molecule has 75 heavy (non-hydrogen) atoms. The van der Waals surface area contributed by atoms with Gasteiger partial charge in [0.15, 0.2) is 0 Å². The molecule has 0 bridgehead atoms. The lowest BCUT2D eigenvalue weighted by molar-refractivity contribution is -0.143. The van der Waals surface area contributed by atoms with Crippen LogP contribution in [0.3, 0.4) is 0 Å². The van der Waals surface area contributed by atoms with E-state index >= 15 is 0 Å². The van der Waals surface area contributed by atoms with Crippen molar-refractivity contribution in [2.45, 2.75) is 392 Å². The number of esters is 1. The summed E-state index contributed by atoms with van der Waals surface area (Å²) in [5.74, 6) is -0.0582. The van der Waals surface area contributed by atoms with Crippen molar-refractivity contribution in [3.05, 3.63) is 24.3 Å². The van der Waals surface area contributed by atoms with Crippen LogP contribution in [0.2, 0.25) is 0 Å². The molecule has 0 heterocycles. The van der Waals surface area contributed by atoms with E-state index in [0.29, 0.717) is 19.4 Å². The minimum Gasteiger partial charge on any atom is -0.466 e. The number of aliphatic hydroxyl groups is 2. The molecule has 0 saturated carbocycles. The summed E-state index contributed by atoms with van der Waals surface area (Å²) in [4.78, 5) is 24.6. The van der Waals surface area contributed by atoms with Crippen LogP contribution in [0, 0.1) is 0 Å². The standard InChI is InChI=1S/C69H133NO5/c1-3-5-7-9-11-13-15-17-19-20-21-24-27-30-34-37-41-45-49-53-57-61-67(72)66(65-71)70-68(73)62-58-54-50-46-42-38-35-31-28-25-22-23-26-29-32-36-40-44-48-52-56-60-64-75-69(74)63-59-55-51-47-43-39-33-18-16-14-12-10-8-6-4-2/h25,28,57,61,66-67,71-72H,3-24,26-27,29-56,58-60,62-65H2,1-2H3,(H,70,73)/b28-25-,61-57+. The molecule has 1 amide bonds. The third-order valence-electron chi connectivity index (χ3n) is 16.0. The highest BCUT2D eigenvalue weighted by molar-refractivity contribution is 5.76. The average molecular weight is 1060 g/mol. The number of nitrogens with one attached hydrogen (secondary N) is 1. The van der Waals surface area contributed by atoms with Gasteiger partial charge < -0.3 is 20.3 Å². The fraction of sp³-hybridized carbons (Fsp3) is 0.913. The van der Waals surface area contributed by atoms with E-state index in [1.165, 1.54) is 308 Å². The largest absolute Gasteiger partial charge is 0.466 e. The molecule has 2 atom stereocenters. The predicted molar refractivity (Wildman–Crippen MR) is 329 cm³/mol. The Labute approximate surface area is 469 Å². The lowest BCUT2D eigenvalue weighted by Crippen LogP contribution is -2.45. The minimum absolute atomic E-state index is 0.0130. The van der Waals surface area contributed by atoms with Crippen molar-refractivity contribution in [1.82, 2.24) is 5.32 Å². The molecular formula is C69H133NO5. The molecule has 0 aromatic rings. The Kier molecular flexibility index (Phi) is 63.4. The van der Waals surface area contributed by atoms with E-state index in [0.717, 1.165) is 44.9 Å². The van der Waals surface area contributed by atoms with Crippen molar-refractivity contribution in [3.8, 4) is 0 Å². The molecule has 444 valence electrons. The maximum Gasteiger partial charge on any atom is 0.305 e. The van der Waals surface area contributed by atoms with Crippen LogP contribution in [0.5, 0.6) is 0 Å². The van der Waals surface area contributed by atoms with E-state index in [4.69, 9.17) is 4.74 Å². The fourth-order valence-corrected chi connectivity index (χ4v) is 10.7. The quantitative estimate of drug-likeness (QED) is 0.0320. The molecule has 0 aromatic heterocycles. The molecule has 0 rings (SSSR count). The summed E-state index contributed by atoms with van der Waals surface area (Å²) in [5, 5.41) is 23.2. The van der Waals surface area contributed by atoms with Gasteiger partial charge in [0, 0.05) is 12.8 Å². The molecule has 0 aliphatic rings. The maximum absolute atomic E-state index is 12.5. The molecule has 0 aliphatic carbocycles. The summed E-state index contributed by atoms with van der Waals surface area (Å²) in [7, 11) is 0. The van der Waals surface area contributed by atoms with Gasteiger partial charge in [-0.25, -0.2) is 0 Å². The highest BCUT2D eigenvalue weighted by atomic mass is 16.5. The summed E-state index contributed by atoms with van der Waals surface area (Å²) in [6, 6.07) is -0.634. The van der Waals surface area contributed by atoms with E-state index in [-0.39, 0.29) is 18.5 Å². The van der Waals surface area contributed by atoms with Gasteiger partial charge in [-0.1, -0.05) is 334 Å². The van der Waals surface area contributed by atoms with Crippen molar-refractivity contribution in [3.63, 3.8) is 0 Å². The Morgan fingerprint density at radius 1 is 0.360 bits per heavy atom. The smallest absolute Gasteiger partial charge is 0.305 e. The van der Waals surface area contributed by atoms with Gasteiger partial charge in [0.05, 0.1) is 25.4 Å². The van der Waals surface area contributed by atoms with Gasteiger partial charge in [-0.15, -0.1) is 0 Å². The Balaban J connectivity index is 3.43. The van der Waals surface area contributed by atoms with Crippen molar-refractivity contribution >= 4 is 11.9 Å². The number of allylic oxidation sites excluding steroid dienone is 3. The van der Waals surface area contributed by atoms with Crippen LogP contribution in [0.4, 0.5) is 0 Å². The molecule has 0 fully saturated rings. The zero-order chi connectivity index (χ0) is 54.3. The number of amides is 1. The minimum atomic E-state index is -0.850. The number of hydrogen-bond donors (Lipinski definition) is 3. The summed E-state index contributed by atoms with van der Waals surface area (Å²) in [5.41, 5.74) is 0. The maximum atomic E-state index is 12.5. The van der Waals surface area contributed by atoms with Crippen molar-refractivity contribution in [2.75, 3.05) is 13.2 Å². The first kappa shape index (κ1) is 73.3. The highest BCUT2D eigenvalue weighted by Gasteiger charge is 2.18. The second-order valence-corrected chi connectivity index (χ2v) is 23.5. The van der Waals surface area contributed by atoms with Crippen LogP contribution in [0.1, 0.15) is 380 Å². The first-order valence-corrected chi connectivity index (χ1v) is 34.1. The molecule has 3 N–H and O–H groups in total. The molecule has 0 saturated heterocycles. The lowest BCUT2D eigenvalue weighted by Gasteiger charge is -2.20. The summed E-state index contributed by atoms with van der Waals surface area (Å²) >= 11 is 0. The average Bonchev–Trinajstić information content (AvgIpc) is 3.41. The Hall–Kier alpha value is -1.66. The fourth-order valence-electron chi connectivity index (χ4n) is 10.7. The Morgan fingerprint density at radius 2 is 0.627 bits per heavy atom. The molecule has 0 radical (unpaired) electrons. The number of carbonyl (C=O) groups is 2. The summed E-state index contributed by atoms with van der Waals surface area (Å²) < 4.78 is 5.49. The molecule has 0 aromatic carbocycles. The van der Waals surface area contributed by atoms with Gasteiger partial charge in [-0.2, -0.15) is 0 Å². The molecule has 0 aliphatic heterocycles. The number of aliphatic hydroxyl groups excluding tert-OH is 2. The van der Waals surface area contributed by atoms with Crippen LogP contribution in [-0.4, -0.2) is 47.4 Å². The van der Waals surface area contributed by atoms with Gasteiger partial charge >= 0.3 is 5.97 Å². The second kappa shape index (κ2) is 64.9. The van der Waals surface area contributed by atoms with E-state index < -0.39 is 12.1 Å². The van der Waals surface area contributed by atoms with Crippen molar-refractivity contribution < 1.29 is 24.5 Å². The van der Waals surface area contributed by atoms with Crippen LogP contribution in [0.15, 0.2) is 24.3 Å². The zero-order valence-electron chi connectivity index (χ0n) is 50.8. The van der Waals surface area contributed by atoms with Crippen LogP contribution < -0.4 is 5.32 Å². The number of carbonyl (C=O) groups excluding carboxylic acids is 2. The van der Waals surface area contributed by atoms with E-state index in [2.05, 4.69) is 31.3 Å². The van der Waals surface area contributed by atoms with Crippen LogP contribution >= 0.6 is 0 Å². The van der Waals surface area contributed by atoms with E-state index in [9.17, 15) is 19.8 Å². The number of hydrogen-bond acceptors (Lipinski definition) is 5. The summed E-state index contributed by atoms with van der Waals surface area (Å²) in [6.07, 6.45) is 81.0. The predicted octanol–water partition coefficient (Wildman–Crippen LogP) is 21.8. The van der Waals surface area contributed by atoms with E-state index in [1.54, 1.807) is 6.08 Å². The zero-order valence-corrected chi connectivity index (χ0v) is 50.8. The van der Waals surface area contributed by atoms with Crippen molar-refractivity contribution in [1.29, 1.82) is 0 Å². The first-order chi connectivity index (χ1) is 37.0. The van der Waals surface area contributed by atoms with Gasteiger partial charge in [0.2, 0.25) is 5.91 Å². The Morgan fingerprint density at radius 3 is 0.947 bits per heavy atom. The number of rotatable bonds is 64. The monoisotopic (exact) mass is 1060 g/mol. The van der Waals surface area contributed by atoms with Crippen molar-refractivity contribution in [2.24, 2.45) is 0 Å². The van der Waals surface area contributed by atoms with Gasteiger partial charge in [-0.3, -0.25) is 9.59 Å². The van der Waals surface area contributed by atoms with Gasteiger partial charge in [0.1, 0.15) is 0 Å². The lowest BCUT2D eigenvalue weighted by atomic mass is 10.0. The van der Waals surface area contributed by atoms with E-state index in [1.807, 2.05) is 6.08 Å². The third-order valence-corrected chi connectivity index (χ3v) is 16.0. The molecule has 2 unspecified atom stereocenters. The van der Waals surface area contributed by atoms with Crippen LogP contribution in [-0.2, 0) is 14.3 Å². The highest BCUT2D eigenvalue weighted by Crippen LogP contribution is 2.18. The SMILES string of the molecule is CCCCCCCCCCCCCCCCCCCCC/C=C/C(O)C(CO)NC(=O)CCCCCCCCC/C=C\CCCCCCCCCCCCCOC(=O)CCCCCCCCCCCCCCCCC. The number of unbranched alkanes of at least 4 members (excludes halogenated alkanes) is 51. The normalized spacial score (nSPS) is 12.6. The molecule has 6 nitrogen and oxygen atoms in total. The molecule has 0 spiro atoms. The number of ether oxygens (including phenoxy) is 1. The topological polar surface area (TPSA) is 95.9 Å². The van der Waals surface area contributed by atoms with Gasteiger partial charge in [-0.05, 0) is 57.8 Å². The molecule has 6 heteroatoms. The molecular weight excluding hydrogens is 923 g/mol. The second-order valence-electron chi connectivity index (χ2n) is 23.5. The summed E-state index contributed by atoms with van der Waals surface area (Å²) in [6.45, 7) is 4.94.